The Kier molecular flexibility index (Phi) is 22.1. The first-order valence-corrected chi connectivity index (χ1v) is 31.9. The first-order chi connectivity index (χ1) is 42.6. The molecule has 0 bridgehead atoms. The number of fused-ring (bicyclic) bond motifs is 1. The largest absolute Gasteiger partial charge is 0.375 e. The number of hydrogen-bond donors (Lipinski definition) is 5. The number of anilines is 1. The second kappa shape index (κ2) is 30.2. The molecule has 19 nitrogen and oxygen atoms in total. The number of amides is 5. The Morgan fingerprint density at radius 1 is 0.773 bits per heavy atom. The summed E-state index contributed by atoms with van der Waals surface area (Å²) in [6, 6.07) is 17.4. The van der Waals surface area contributed by atoms with Crippen LogP contribution in [0.4, 0.5) is 19.0 Å². The second-order valence-corrected chi connectivity index (χ2v) is 25.2. The molecular weight excluding hydrogens is 1150 g/mol. The maximum atomic E-state index is 13.9. The zero-order chi connectivity index (χ0) is 61.7. The van der Waals surface area contributed by atoms with Crippen LogP contribution in [0.5, 0.6) is 0 Å². The van der Waals surface area contributed by atoms with Crippen LogP contribution < -0.4 is 26.6 Å². The molecule has 5 aromatic rings. The van der Waals surface area contributed by atoms with Gasteiger partial charge in [0.2, 0.25) is 30.0 Å². The van der Waals surface area contributed by atoms with Crippen molar-refractivity contribution in [1.29, 1.82) is 0 Å². The number of nitrogens with zero attached hydrogens (tertiary/aromatic N) is 8. The van der Waals surface area contributed by atoms with Crippen molar-refractivity contribution in [2.75, 3.05) is 103 Å². The van der Waals surface area contributed by atoms with E-state index in [2.05, 4.69) is 45.6 Å². The molecule has 3 aromatic carbocycles. The average Bonchev–Trinajstić information content (AvgIpc) is 3.62. The number of piperazine rings is 1. The van der Waals surface area contributed by atoms with E-state index in [1.54, 1.807) is 24.2 Å². The number of rotatable bonds is 20. The molecule has 6 aliphatic rings. The highest BCUT2D eigenvalue weighted by Gasteiger charge is 2.40. The molecule has 5 saturated heterocycles. The standard InChI is InChI=1S/C46H66ClN11O5.C19H19F3N2O/c47-35-8-6-33(7-9-35)39(53-45(62)46(48)16-24-57(25-17-46)43-38-10-18-49-42(38)50-31-51-43)15-21-54-26-28-56(29-27-54)40(60)30-55-19-11-36(12-20-55)63-37-13-22-58(23-14-37)44(61)41(52-32-59)34-4-2-1-3-5-34;1-12-6-13(3-5-17(12)21)15-10-24(11-15)19(25)9-23-8-14-2-4-16(20)7-18(14)22/h6-10,18,31-32,34,36-37,39,41H,1-5,11-17,19-30,48H2,(H,52,59)(H,53,62)(H,49,50,51);2-7,15,23H,8-11H2,1H3. The molecule has 5 aliphatic heterocycles. The van der Waals surface area contributed by atoms with Gasteiger partial charge in [-0.05, 0) is 118 Å². The summed E-state index contributed by atoms with van der Waals surface area (Å²) in [6.45, 7) is 11.4. The van der Waals surface area contributed by atoms with Gasteiger partial charge < -0.3 is 51.0 Å². The van der Waals surface area contributed by atoms with Gasteiger partial charge in [0.1, 0.15) is 41.3 Å². The highest BCUT2D eigenvalue weighted by Crippen LogP contribution is 2.33. The summed E-state index contributed by atoms with van der Waals surface area (Å²) < 4.78 is 46.2. The molecule has 7 heterocycles. The molecule has 5 amide bonds. The van der Waals surface area contributed by atoms with Crippen molar-refractivity contribution in [1.82, 2.24) is 55.4 Å². The summed E-state index contributed by atoms with van der Waals surface area (Å²) in [6.07, 6.45) is 14.9. The van der Waals surface area contributed by atoms with Gasteiger partial charge in [0.05, 0.1) is 42.3 Å². The quantitative estimate of drug-likeness (QED) is 0.0520. The average molecular weight is 1240 g/mol. The van der Waals surface area contributed by atoms with Gasteiger partial charge in [-0.1, -0.05) is 61.2 Å². The van der Waals surface area contributed by atoms with Crippen LogP contribution in [-0.4, -0.2) is 191 Å². The number of nitrogens with two attached hydrogens (primary N) is 1. The minimum absolute atomic E-state index is 0.0585. The van der Waals surface area contributed by atoms with E-state index in [0.29, 0.717) is 101 Å². The number of carbonyl (C=O) groups is 5. The number of H-pyrrole nitrogens is 1. The molecule has 0 spiro atoms. The van der Waals surface area contributed by atoms with Gasteiger partial charge in [-0.15, -0.1) is 0 Å². The Hall–Kier alpha value is -6.69. The normalized spacial score (nSPS) is 20.0. The number of aryl methyl sites for hydroxylation is 1. The third-order valence-corrected chi connectivity index (χ3v) is 19.2. The number of halogens is 4. The van der Waals surface area contributed by atoms with E-state index in [-0.39, 0.29) is 72.6 Å². The van der Waals surface area contributed by atoms with Crippen LogP contribution >= 0.6 is 11.6 Å². The van der Waals surface area contributed by atoms with E-state index in [0.717, 1.165) is 118 Å². The lowest BCUT2D eigenvalue weighted by Crippen LogP contribution is -2.60. The zero-order valence-electron chi connectivity index (χ0n) is 50.5. The molecule has 2 atom stereocenters. The Labute approximate surface area is 518 Å². The number of benzene rings is 3. The topological polar surface area (TPSA) is 218 Å². The van der Waals surface area contributed by atoms with Crippen molar-refractivity contribution in [2.45, 2.75) is 126 Å². The van der Waals surface area contributed by atoms with Gasteiger partial charge >= 0.3 is 0 Å². The summed E-state index contributed by atoms with van der Waals surface area (Å²) in [5.41, 5.74) is 9.57. The van der Waals surface area contributed by atoms with Crippen molar-refractivity contribution < 1.29 is 41.9 Å². The van der Waals surface area contributed by atoms with Gasteiger partial charge in [-0.2, -0.15) is 0 Å². The van der Waals surface area contributed by atoms with Crippen molar-refractivity contribution in [3.05, 3.63) is 124 Å². The summed E-state index contributed by atoms with van der Waals surface area (Å²) >= 11 is 6.25. The van der Waals surface area contributed by atoms with E-state index in [9.17, 15) is 37.1 Å². The molecule has 11 rings (SSSR count). The number of nitrogens with one attached hydrogen (secondary N) is 4. The maximum Gasteiger partial charge on any atom is 0.245 e. The predicted molar refractivity (Wildman–Crippen MR) is 330 cm³/mol. The fourth-order valence-corrected chi connectivity index (χ4v) is 13.5. The maximum absolute atomic E-state index is 13.9. The zero-order valence-corrected chi connectivity index (χ0v) is 51.2. The Balaban J connectivity index is 0.000000285. The SMILES string of the molecule is Cc1cc(C2CN(C(=O)CNCc3ccc(F)cc3F)C2)ccc1F.NC1(C(=O)NC(CCN2CCN(C(=O)CN3CCC(OC4CCN(C(=O)C(NC=O)C5CCCCC5)CC4)CC3)CC2)c2ccc(Cl)cc2)CCN(c2ncnc3[nH]ccc23)CC1. The van der Waals surface area contributed by atoms with Gasteiger partial charge in [0, 0.05) is 120 Å². The van der Waals surface area contributed by atoms with Crippen molar-refractivity contribution in [3.8, 4) is 0 Å². The van der Waals surface area contributed by atoms with Crippen molar-refractivity contribution in [2.24, 2.45) is 11.7 Å². The van der Waals surface area contributed by atoms with E-state index >= 15 is 0 Å². The van der Waals surface area contributed by atoms with E-state index < -0.39 is 23.2 Å². The molecule has 1 saturated carbocycles. The first kappa shape index (κ1) is 64.3. The van der Waals surface area contributed by atoms with E-state index in [1.165, 1.54) is 24.6 Å². The molecular formula is C65H85ClF3N13O6. The Bertz CT molecular complexity index is 3150. The Morgan fingerprint density at radius 2 is 1.48 bits per heavy atom. The van der Waals surface area contributed by atoms with Crippen LogP contribution in [0.3, 0.4) is 0 Å². The minimum Gasteiger partial charge on any atom is -0.375 e. The molecule has 6 fully saturated rings. The molecule has 1 aliphatic carbocycles. The van der Waals surface area contributed by atoms with E-state index in [4.69, 9.17) is 22.1 Å². The number of ether oxygens (including phenoxy) is 1. The molecule has 88 heavy (non-hydrogen) atoms. The van der Waals surface area contributed by atoms with Crippen LogP contribution in [0, 0.1) is 30.3 Å². The summed E-state index contributed by atoms with van der Waals surface area (Å²) in [5.74, 6) is -0.171. The van der Waals surface area contributed by atoms with E-state index in [1.807, 2.05) is 52.4 Å². The lowest BCUT2D eigenvalue weighted by Gasteiger charge is -2.40. The van der Waals surface area contributed by atoms with Crippen molar-refractivity contribution in [3.63, 3.8) is 0 Å². The van der Waals surface area contributed by atoms with Crippen LogP contribution in [-0.2, 0) is 35.3 Å². The number of aromatic amines is 1. The van der Waals surface area contributed by atoms with Crippen molar-refractivity contribution >= 4 is 58.5 Å². The minimum atomic E-state index is -1.00. The number of likely N-dealkylation sites (tertiary alicyclic amines) is 3. The molecule has 23 heteroatoms. The molecule has 6 N–H and O–H groups in total. The van der Waals surface area contributed by atoms with Gasteiger partial charge in [0.25, 0.3) is 0 Å². The highest BCUT2D eigenvalue weighted by atomic mass is 35.5. The van der Waals surface area contributed by atoms with Crippen LogP contribution in [0.2, 0.25) is 5.02 Å². The Morgan fingerprint density at radius 3 is 2.16 bits per heavy atom. The highest BCUT2D eigenvalue weighted by molar-refractivity contribution is 6.30. The van der Waals surface area contributed by atoms with Crippen LogP contribution in [0.25, 0.3) is 11.0 Å². The summed E-state index contributed by atoms with van der Waals surface area (Å²) in [7, 11) is 0. The summed E-state index contributed by atoms with van der Waals surface area (Å²) in [5, 5.41) is 10.6. The summed E-state index contributed by atoms with van der Waals surface area (Å²) in [4.78, 5) is 88.7. The molecule has 0 radical (unpaired) electrons. The molecule has 2 aromatic heterocycles. The molecule has 474 valence electrons. The van der Waals surface area contributed by atoms with Gasteiger partial charge in [0.15, 0.2) is 0 Å². The fourth-order valence-electron chi connectivity index (χ4n) is 13.3. The van der Waals surface area contributed by atoms with Gasteiger partial charge in [-0.3, -0.25) is 33.8 Å². The fraction of sp³-hybridized carbons (Fsp3) is 0.554. The third-order valence-electron chi connectivity index (χ3n) is 18.9. The lowest BCUT2D eigenvalue weighted by atomic mass is 9.83. The smallest absolute Gasteiger partial charge is 0.245 e. The van der Waals surface area contributed by atoms with Crippen LogP contribution in [0.1, 0.15) is 111 Å². The van der Waals surface area contributed by atoms with Gasteiger partial charge in [-0.25, -0.2) is 23.1 Å². The van der Waals surface area contributed by atoms with Crippen LogP contribution in [0.15, 0.2) is 79.3 Å². The second-order valence-electron chi connectivity index (χ2n) is 24.8. The first-order valence-electron chi connectivity index (χ1n) is 31.5. The predicted octanol–water partition coefficient (Wildman–Crippen LogP) is 6.60. The number of carbonyl (C=O) groups excluding carboxylic acids is 5. The number of hydrogen-bond acceptors (Lipinski definition) is 13. The monoisotopic (exact) mass is 1240 g/mol. The molecule has 2 unspecified atom stereocenters. The number of aromatic nitrogens is 3. The third kappa shape index (κ3) is 16.6. The number of piperidine rings is 3. The lowest BCUT2D eigenvalue weighted by molar-refractivity contribution is -0.141.